The Hall–Kier alpha value is -1.71. The summed E-state index contributed by atoms with van der Waals surface area (Å²) < 4.78 is 31.6. The molecule has 10 heteroatoms. The molecule has 0 atom stereocenters. The molecule has 1 saturated heterocycles. The lowest BCUT2D eigenvalue weighted by Crippen LogP contribution is -2.48. The van der Waals surface area contributed by atoms with E-state index in [1.54, 1.807) is 12.1 Å². The third-order valence-corrected chi connectivity index (χ3v) is 7.93. The number of halogens is 2. The fraction of sp³-hybridized carbons (Fsp3) is 0.263. The molecule has 29 heavy (non-hydrogen) atoms. The van der Waals surface area contributed by atoms with E-state index < -0.39 is 10.0 Å². The van der Waals surface area contributed by atoms with Gasteiger partial charge in [0.25, 0.3) is 0 Å². The average Bonchev–Trinajstić information content (AvgIpc) is 3.19. The number of rotatable bonds is 5. The van der Waals surface area contributed by atoms with Crippen LogP contribution in [0, 0.1) is 0 Å². The second-order valence-electron chi connectivity index (χ2n) is 6.64. The van der Waals surface area contributed by atoms with Crippen LogP contribution in [0.4, 0.5) is 5.13 Å². The normalized spacial score (nSPS) is 15.6. The molecule has 0 N–H and O–H groups in total. The maximum atomic E-state index is 12.8. The first-order valence-electron chi connectivity index (χ1n) is 8.99. The molecule has 0 radical (unpaired) electrons. The standard InChI is InChI=1S/C19H18Cl2N4O2S2/c20-15-3-1-14(2-4-15)13-18-22-19(28-23-18)24-9-11-25(12-10-24)29(26,27)17-7-5-16(21)6-8-17/h1-8H,9-13H2. The Balaban J connectivity index is 1.39. The highest BCUT2D eigenvalue weighted by Gasteiger charge is 2.29. The first-order valence-corrected chi connectivity index (χ1v) is 12.0. The fourth-order valence-corrected chi connectivity index (χ4v) is 5.52. The van der Waals surface area contributed by atoms with Crippen molar-refractivity contribution in [2.24, 2.45) is 0 Å². The van der Waals surface area contributed by atoms with E-state index >= 15 is 0 Å². The highest BCUT2D eigenvalue weighted by atomic mass is 35.5. The van der Waals surface area contributed by atoms with Gasteiger partial charge in [-0.15, -0.1) is 0 Å². The van der Waals surface area contributed by atoms with Crippen LogP contribution in [-0.4, -0.2) is 48.3 Å². The van der Waals surface area contributed by atoms with Gasteiger partial charge in [0.2, 0.25) is 15.2 Å². The van der Waals surface area contributed by atoms with Crippen LogP contribution in [0.15, 0.2) is 53.4 Å². The summed E-state index contributed by atoms with van der Waals surface area (Å²) in [6.07, 6.45) is 0.637. The molecule has 0 amide bonds. The lowest BCUT2D eigenvalue weighted by molar-refractivity contribution is 0.384. The van der Waals surface area contributed by atoms with Crippen molar-refractivity contribution in [1.29, 1.82) is 0 Å². The van der Waals surface area contributed by atoms with Gasteiger partial charge in [0.15, 0.2) is 0 Å². The molecule has 0 bridgehead atoms. The second-order valence-corrected chi connectivity index (χ2v) is 10.2. The maximum absolute atomic E-state index is 12.8. The second kappa shape index (κ2) is 8.57. The summed E-state index contributed by atoms with van der Waals surface area (Å²) in [5, 5.41) is 2.03. The summed E-state index contributed by atoms with van der Waals surface area (Å²) >= 11 is 13.1. The van der Waals surface area contributed by atoms with Gasteiger partial charge in [0.05, 0.1) is 4.90 Å². The van der Waals surface area contributed by atoms with E-state index in [1.807, 2.05) is 24.3 Å². The highest BCUT2D eigenvalue weighted by Crippen LogP contribution is 2.24. The van der Waals surface area contributed by atoms with Gasteiger partial charge < -0.3 is 4.90 Å². The zero-order valence-electron chi connectivity index (χ0n) is 15.3. The molecule has 1 fully saturated rings. The molecule has 1 aliphatic heterocycles. The van der Waals surface area contributed by atoms with E-state index in [0.29, 0.717) is 42.6 Å². The summed E-state index contributed by atoms with van der Waals surface area (Å²) in [5.74, 6) is 0.753. The van der Waals surface area contributed by atoms with Crippen molar-refractivity contribution in [3.05, 3.63) is 70.0 Å². The van der Waals surface area contributed by atoms with Gasteiger partial charge in [-0.3, -0.25) is 0 Å². The zero-order chi connectivity index (χ0) is 20.4. The fourth-order valence-electron chi connectivity index (χ4n) is 3.11. The third-order valence-electron chi connectivity index (χ3n) is 4.69. The molecule has 152 valence electrons. The molecule has 3 aromatic rings. The number of hydrogen-bond donors (Lipinski definition) is 0. The minimum absolute atomic E-state index is 0.261. The molecular weight excluding hydrogens is 451 g/mol. The SMILES string of the molecule is O=S(=O)(c1ccc(Cl)cc1)N1CCN(c2nc(Cc3ccc(Cl)cc3)ns2)CC1. The number of anilines is 1. The molecule has 2 heterocycles. The van der Waals surface area contributed by atoms with Crippen LogP contribution in [0.5, 0.6) is 0 Å². The summed E-state index contributed by atoms with van der Waals surface area (Å²) in [4.78, 5) is 6.97. The predicted molar refractivity (Wildman–Crippen MR) is 117 cm³/mol. The molecule has 1 aliphatic rings. The van der Waals surface area contributed by atoms with Crippen molar-refractivity contribution in [3.63, 3.8) is 0 Å². The molecule has 0 spiro atoms. The average molecular weight is 469 g/mol. The lowest BCUT2D eigenvalue weighted by Gasteiger charge is -2.33. The Kier molecular flexibility index (Phi) is 6.08. The van der Waals surface area contributed by atoms with Crippen LogP contribution in [0.3, 0.4) is 0 Å². The van der Waals surface area contributed by atoms with Crippen molar-refractivity contribution in [1.82, 2.24) is 13.7 Å². The Labute approximate surface area is 183 Å². The van der Waals surface area contributed by atoms with Gasteiger partial charge in [-0.05, 0) is 42.0 Å². The highest BCUT2D eigenvalue weighted by molar-refractivity contribution is 7.89. The van der Waals surface area contributed by atoms with E-state index in [4.69, 9.17) is 23.2 Å². The third kappa shape index (κ3) is 4.73. The Morgan fingerprint density at radius 2 is 1.48 bits per heavy atom. The molecule has 2 aromatic carbocycles. The summed E-state index contributed by atoms with van der Waals surface area (Å²) in [6.45, 7) is 1.94. The first kappa shape index (κ1) is 20.6. The quantitative estimate of drug-likeness (QED) is 0.566. The largest absolute Gasteiger partial charge is 0.344 e. The Morgan fingerprint density at radius 1 is 0.897 bits per heavy atom. The van der Waals surface area contributed by atoms with Crippen LogP contribution in [0.25, 0.3) is 0 Å². The van der Waals surface area contributed by atoms with Crippen LogP contribution in [-0.2, 0) is 16.4 Å². The van der Waals surface area contributed by atoms with Crippen molar-refractivity contribution >= 4 is 49.9 Å². The Bertz CT molecular complexity index is 1080. The number of hydrogen-bond acceptors (Lipinski definition) is 6. The minimum atomic E-state index is -3.52. The van der Waals surface area contributed by atoms with Crippen molar-refractivity contribution in [2.45, 2.75) is 11.3 Å². The number of piperazine rings is 1. The van der Waals surface area contributed by atoms with Gasteiger partial charge in [-0.25, -0.2) is 13.4 Å². The predicted octanol–water partition coefficient (Wildman–Crippen LogP) is 3.95. The summed E-state index contributed by atoms with van der Waals surface area (Å²) in [5.41, 5.74) is 1.10. The molecule has 4 rings (SSSR count). The summed E-state index contributed by atoms with van der Waals surface area (Å²) in [6, 6.07) is 13.9. The van der Waals surface area contributed by atoms with Gasteiger partial charge >= 0.3 is 0 Å². The lowest BCUT2D eigenvalue weighted by atomic mass is 10.1. The van der Waals surface area contributed by atoms with E-state index in [1.165, 1.54) is 28.0 Å². The molecule has 1 aromatic heterocycles. The van der Waals surface area contributed by atoms with E-state index in [9.17, 15) is 8.42 Å². The van der Waals surface area contributed by atoms with Crippen molar-refractivity contribution < 1.29 is 8.42 Å². The van der Waals surface area contributed by atoms with Crippen LogP contribution in [0.1, 0.15) is 11.4 Å². The molecule has 0 aliphatic carbocycles. The van der Waals surface area contributed by atoms with Crippen LogP contribution >= 0.6 is 34.7 Å². The molecular formula is C19H18Cl2N4O2S2. The van der Waals surface area contributed by atoms with Crippen molar-refractivity contribution in [3.8, 4) is 0 Å². The summed E-state index contributed by atoms with van der Waals surface area (Å²) in [7, 11) is -3.52. The number of sulfonamides is 1. The van der Waals surface area contributed by atoms with Gasteiger partial charge in [0.1, 0.15) is 5.82 Å². The maximum Gasteiger partial charge on any atom is 0.243 e. The van der Waals surface area contributed by atoms with Crippen LogP contribution in [0.2, 0.25) is 10.0 Å². The monoisotopic (exact) mass is 468 g/mol. The number of aromatic nitrogens is 2. The van der Waals surface area contributed by atoms with Gasteiger partial charge in [0, 0.05) is 54.2 Å². The number of benzene rings is 2. The minimum Gasteiger partial charge on any atom is -0.344 e. The first-order chi connectivity index (χ1) is 13.9. The van der Waals surface area contributed by atoms with Gasteiger partial charge in [-0.1, -0.05) is 35.3 Å². The van der Waals surface area contributed by atoms with Crippen LogP contribution < -0.4 is 4.90 Å². The number of nitrogens with zero attached hydrogens (tertiary/aromatic N) is 4. The van der Waals surface area contributed by atoms with E-state index in [0.717, 1.165) is 16.5 Å². The van der Waals surface area contributed by atoms with Gasteiger partial charge in [-0.2, -0.15) is 8.68 Å². The molecule has 6 nitrogen and oxygen atoms in total. The zero-order valence-corrected chi connectivity index (χ0v) is 18.5. The molecule has 0 unspecified atom stereocenters. The van der Waals surface area contributed by atoms with E-state index in [-0.39, 0.29) is 4.90 Å². The topological polar surface area (TPSA) is 66.4 Å². The molecule has 0 saturated carbocycles. The van der Waals surface area contributed by atoms with E-state index in [2.05, 4.69) is 14.3 Å². The smallest absolute Gasteiger partial charge is 0.243 e. The van der Waals surface area contributed by atoms with Crippen molar-refractivity contribution in [2.75, 3.05) is 31.1 Å². The Morgan fingerprint density at radius 3 is 2.10 bits per heavy atom.